The Kier molecular flexibility index (Phi) is 7.39. The van der Waals surface area contributed by atoms with Crippen molar-refractivity contribution in [2.75, 3.05) is 19.6 Å². The van der Waals surface area contributed by atoms with Crippen LogP contribution in [0.15, 0.2) is 14.3 Å². The van der Waals surface area contributed by atoms with Crippen molar-refractivity contribution in [2.24, 2.45) is 11.7 Å². The van der Waals surface area contributed by atoms with E-state index in [2.05, 4.69) is 63.6 Å². The Morgan fingerprint density at radius 3 is 2.44 bits per heavy atom. The van der Waals surface area contributed by atoms with Crippen LogP contribution in [0.3, 0.4) is 0 Å². The molecule has 0 saturated heterocycles. The molecule has 0 aliphatic carbocycles. The normalized spacial score (nSPS) is 15.1. The van der Waals surface area contributed by atoms with Gasteiger partial charge in [0.1, 0.15) is 0 Å². The van der Waals surface area contributed by atoms with Crippen molar-refractivity contribution in [1.82, 2.24) is 4.90 Å². The molecule has 2 atom stereocenters. The fourth-order valence-corrected chi connectivity index (χ4v) is 4.22. The Balaban J connectivity index is 2.85. The molecule has 1 heterocycles. The summed E-state index contributed by atoms with van der Waals surface area (Å²) < 4.78 is 2.27. The van der Waals surface area contributed by atoms with Crippen molar-refractivity contribution < 1.29 is 0 Å². The van der Waals surface area contributed by atoms with E-state index in [-0.39, 0.29) is 0 Å². The molecule has 0 aliphatic heterocycles. The molecule has 0 saturated carbocycles. The van der Waals surface area contributed by atoms with Gasteiger partial charge in [0, 0.05) is 22.4 Å². The second kappa shape index (κ2) is 8.00. The molecule has 1 aromatic rings. The van der Waals surface area contributed by atoms with Gasteiger partial charge in [-0.15, -0.1) is 11.3 Å². The number of nitrogens with two attached hydrogens (primary N) is 1. The summed E-state index contributed by atoms with van der Waals surface area (Å²) in [6.45, 7) is 9.58. The maximum atomic E-state index is 5.99. The Bertz CT molecular complexity index is 348. The Morgan fingerprint density at radius 2 is 2.06 bits per heavy atom. The smallest absolute Gasteiger partial charge is 0.0843 e. The van der Waals surface area contributed by atoms with Crippen molar-refractivity contribution in [3.05, 3.63) is 19.2 Å². The third kappa shape index (κ3) is 4.30. The molecule has 2 N–H and O–H groups in total. The number of hydrogen-bond donors (Lipinski definition) is 1. The average Bonchev–Trinajstić information content (AvgIpc) is 2.68. The first-order chi connectivity index (χ1) is 8.53. The molecule has 104 valence electrons. The summed E-state index contributed by atoms with van der Waals surface area (Å²) in [7, 11) is 0. The minimum Gasteiger partial charge on any atom is -0.329 e. The molecule has 0 aromatic carbocycles. The molecule has 2 nitrogen and oxygen atoms in total. The summed E-state index contributed by atoms with van der Waals surface area (Å²) in [6, 6.07) is 2.52. The van der Waals surface area contributed by atoms with Crippen LogP contribution in [-0.4, -0.2) is 24.5 Å². The molecule has 0 fully saturated rings. The zero-order chi connectivity index (χ0) is 13.7. The van der Waals surface area contributed by atoms with Gasteiger partial charge in [0.2, 0.25) is 0 Å². The minimum atomic E-state index is 0.330. The summed E-state index contributed by atoms with van der Waals surface area (Å²) in [5.74, 6) is 0.714. The fraction of sp³-hybridized carbons (Fsp3) is 0.692. The quantitative estimate of drug-likeness (QED) is 0.725. The van der Waals surface area contributed by atoms with Gasteiger partial charge in [0.05, 0.1) is 9.83 Å². The van der Waals surface area contributed by atoms with Crippen molar-refractivity contribution in [3.8, 4) is 0 Å². The van der Waals surface area contributed by atoms with Crippen LogP contribution in [0.1, 0.15) is 38.1 Å². The van der Waals surface area contributed by atoms with Crippen LogP contribution in [0.4, 0.5) is 0 Å². The molecular formula is C13H22Br2N2S. The lowest BCUT2D eigenvalue weighted by Crippen LogP contribution is -2.36. The highest BCUT2D eigenvalue weighted by atomic mass is 79.9. The monoisotopic (exact) mass is 396 g/mol. The molecule has 1 aromatic heterocycles. The molecule has 0 bridgehead atoms. The van der Waals surface area contributed by atoms with E-state index in [9.17, 15) is 0 Å². The Hall–Kier alpha value is 0.580. The summed E-state index contributed by atoms with van der Waals surface area (Å²) >= 11 is 8.89. The van der Waals surface area contributed by atoms with Crippen LogP contribution in [0.5, 0.6) is 0 Å². The highest BCUT2D eigenvalue weighted by Crippen LogP contribution is 2.37. The number of rotatable bonds is 7. The summed E-state index contributed by atoms with van der Waals surface area (Å²) in [5.41, 5.74) is 5.99. The molecule has 5 heteroatoms. The van der Waals surface area contributed by atoms with Crippen LogP contribution in [0, 0.1) is 5.92 Å². The van der Waals surface area contributed by atoms with Crippen LogP contribution in [-0.2, 0) is 0 Å². The van der Waals surface area contributed by atoms with Gasteiger partial charge in [0.15, 0.2) is 0 Å². The summed E-state index contributed by atoms with van der Waals surface area (Å²) in [4.78, 5) is 3.82. The molecule has 18 heavy (non-hydrogen) atoms. The van der Waals surface area contributed by atoms with Crippen LogP contribution in [0.25, 0.3) is 0 Å². The second-order valence-corrected chi connectivity index (χ2v) is 7.88. The third-order valence-electron chi connectivity index (χ3n) is 3.31. The molecule has 0 spiro atoms. The molecular weight excluding hydrogens is 376 g/mol. The number of hydrogen-bond acceptors (Lipinski definition) is 3. The number of likely N-dealkylation sites (N-methyl/N-ethyl adjacent to an activating group) is 1. The van der Waals surface area contributed by atoms with Gasteiger partial charge in [-0.1, -0.05) is 27.2 Å². The van der Waals surface area contributed by atoms with E-state index in [1.54, 1.807) is 11.3 Å². The molecule has 0 amide bonds. The number of halogens is 2. The van der Waals surface area contributed by atoms with Gasteiger partial charge < -0.3 is 5.73 Å². The number of thiophene rings is 1. The van der Waals surface area contributed by atoms with E-state index in [1.165, 1.54) is 11.3 Å². The van der Waals surface area contributed by atoms with Crippen LogP contribution >= 0.6 is 43.2 Å². The van der Waals surface area contributed by atoms with E-state index in [4.69, 9.17) is 5.73 Å². The minimum absolute atomic E-state index is 0.330. The van der Waals surface area contributed by atoms with E-state index < -0.39 is 0 Å². The van der Waals surface area contributed by atoms with Gasteiger partial charge in [-0.2, -0.15) is 0 Å². The van der Waals surface area contributed by atoms with E-state index in [0.717, 1.165) is 21.3 Å². The van der Waals surface area contributed by atoms with Crippen molar-refractivity contribution in [2.45, 2.75) is 33.2 Å². The maximum Gasteiger partial charge on any atom is 0.0843 e. The second-order valence-electron chi connectivity index (χ2n) is 4.62. The third-order valence-corrected chi connectivity index (χ3v) is 6.66. The Morgan fingerprint density at radius 1 is 1.39 bits per heavy atom. The SMILES string of the molecule is CCC(C)CN(CC)C(CN)c1cc(Br)c(Br)s1. The topological polar surface area (TPSA) is 29.3 Å². The van der Waals surface area contributed by atoms with E-state index in [0.29, 0.717) is 18.5 Å². The van der Waals surface area contributed by atoms with E-state index in [1.807, 2.05) is 0 Å². The van der Waals surface area contributed by atoms with E-state index >= 15 is 0 Å². The highest BCUT2D eigenvalue weighted by molar-refractivity contribution is 9.13. The first-order valence-electron chi connectivity index (χ1n) is 6.42. The van der Waals surface area contributed by atoms with Crippen LogP contribution in [0.2, 0.25) is 0 Å². The van der Waals surface area contributed by atoms with Crippen LogP contribution < -0.4 is 5.73 Å². The van der Waals surface area contributed by atoms with Gasteiger partial charge in [-0.3, -0.25) is 4.90 Å². The van der Waals surface area contributed by atoms with Crippen molar-refractivity contribution in [1.29, 1.82) is 0 Å². The lowest BCUT2D eigenvalue weighted by Gasteiger charge is -2.31. The standard InChI is InChI=1S/C13H22Br2N2S/c1-4-9(3)8-17(5-2)11(7-16)12-6-10(14)13(15)18-12/h6,9,11H,4-5,7-8,16H2,1-3H3. The van der Waals surface area contributed by atoms with Gasteiger partial charge in [-0.25, -0.2) is 0 Å². The first kappa shape index (κ1) is 16.6. The maximum absolute atomic E-state index is 5.99. The van der Waals surface area contributed by atoms with Gasteiger partial charge in [-0.05, 0) is 50.4 Å². The van der Waals surface area contributed by atoms with Crippen molar-refractivity contribution >= 4 is 43.2 Å². The predicted molar refractivity (Wildman–Crippen MR) is 88.2 cm³/mol. The summed E-state index contributed by atoms with van der Waals surface area (Å²) in [5, 5.41) is 0. The molecule has 0 aliphatic rings. The van der Waals surface area contributed by atoms with Gasteiger partial charge >= 0.3 is 0 Å². The molecule has 2 unspecified atom stereocenters. The lowest BCUT2D eigenvalue weighted by molar-refractivity contribution is 0.185. The zero-order valence-corrected chi connectivity index (χ0v) is 15.2. The van der Waals surface area contributed by atoms with Gasteiger partial charge in [0.25, 0.3) is 0 Å². The predicted octanol–water partition coefficient (Wildman–Crippen LogP) is 4.64. The van der Waals surface area contributed by atoms with Crippen molar-refractivity contribution in [3.63, 3.8) is 0 Å². The summed E-state index contributed by atoms with van der Waals surface area (Å²) in [6.07, 6.45) is 1.21. The Labute approximate surface area is 131 Å². The highest BCUT2D eigenvalue weighted by Gasteiger charge is 2.21. The zero-order valence-electron chi connectivity index (χ0n) is 11.2. The molecule has 1 rings (SSSR count). The molecule has 0 radical (unpaired) electrons. The largest absolute Gasteiger partial charge is 0.329 e. The lowest BCUT2D eigenvalue weighted by atomic mass is 10.1. The average molecular weight is 398 g/mol. The fourth-order valence-electron chi connectivity index (χ4n) is 1.98. The first-order valence-corrected chi connectivity index (χ1v) is 8.82. The number of nitrogens with zero attached hydrogens (tertiary/aromatic N) is 1.